The number of aldehydes is 1. The van der Waals surface area contributed by atoms with Crippen LogP contribution in [-0.2, 0) is 4.79 Å². The molecular weight excluding hydrogens is 415 g/mol. The molecule has 0 bridgehead atoms. The third kappa shape index (κ3) is 4.50. The molecule has 1 amide bonds. The Morgan fingerprint density at radius 3 is 2.27 bits per heavy atom. The molecule has 4 rings (SSSR count). The SMILES string of the molecule is CCCC(c1ccc(C=O)cc1)N1C(=O)C(c2ccc(F)cc2)=NC12CCC(C(C)C)CC2. The van der Waals surface area contributed by atoms with Gasteiger partial charge in [-0.3, -0.25) is 14.6 Å². The van der Waals surface area contributed by atoms with Gasteiger partial charge in [0.1, 0.15) is 23.5 Å². The van der Waals surface area contributed by atoms with Crippen molar-refractivity contribution >= 4 is 17.9 Å². The fraction of sp³-hybridized carbons (Fsp3) is 0.464. The highest BCUT2D eigenvalue weighted by molar-refractivity contribution is 6.46. The van der Waals surface area contributed by atoms with Crippen LogP contribution in [0.4, 0.5) is 4.39 Å². The van der Waals surface area contributed by atoms with Gasteiger partial charge in [0.05, 0.1) is 6.04 Å². The van der Waals surface area contributed by atoms with Gasteiger partial charge < -0.3 is 4.90 Å². The maximum Gasteiger partial charge on any atom is 0.275 e. The number of carbonyl (C=O) groups is 2. The van der Waals surface area contributed by atoms with Gasteiger partial charge in [-0.25, -0.2) is 4.39 Å². The molecule has 2 aromatic rings. The van der Waals surface area contributed by atoms with Crippen molar-refractivity contribution in [3.63, 3.8) is 0 Å². The molecule has 1 unspecified atom stereocenters. The highest BCUT2D eigenvalue weighted by Crippen LogP contribution is 2.47. The van der Waals surface area contributed by atoms with Gasteiger partial charge in [-0.05, 0) is 73.8 Å². The van der Waals surface area contributed by atoms with Crippen molar-refractivity contribution in [1.29, 1.82) is 0 Å². The summed E-state index contributed by atoms with van der Waals surface area (Å²) in [5.74, 6) is 0.834. The van der Waals surface area contributed by atoms with Crippen molar-refractivity contribution in [2.75, 3.05) is 0 Å². The largest absolute Gasteiger partial charge is 0.305 e. The average Bonchev–Trinajstić information content (AvgIpc) is 3.09. The second-order valence-corrected chi connectivity index (χ2v) is 9.80. The normalized spacial score (nSPS) is 23.8. The predicted octanol–water partition coefficient (Wildman–Crippen LogP) is 6.35. The van der Waals surface area contributed by atoms with Gasteiger partial charge in [0.2, 0.25) is 0 Å². The van der Waals surface area contributed by atoms with Gasteiger partial charge in [-0.2, -0.15) is 0 Å². The zero-order valence-electron chi connectivity index (χ0n) is 19.8. The molecule has 0 saturated heterocycles. The molecule has 1 aliphatic heterocycles. The molecule has 1 aliphatic carbocycles. The van der Waals surface area contributed by atoms with E-state index in [2.05, 4.69) is 20.8 Å². The fourth-order valence-corrected chi connectivity index (χ4v) is 5.48. The van der Waals surface area contributed by atoms with Crippen LogP contribution in [0, 0.1) is 17.7 Å². The van der Waals surface area contributed by atoms with Gasteiger partial charge in [-0.15, -0.1) is 0 Å². The lowest BCUT2D eigenvalue weighted by atomic mass is 9.76. The maximum absolute atomic E-state index is 13.9. The van der Waals surface area contributed by atoms with Crippen LogP contribution >= 0.6 is 0 Å². The highest BCUT2D eigenvalue weighted by atomic mass is 19.1. The lowest BCUT2D eigenvalue weighted by Gasteiger charge is -2.46. The van der Waals surface area contributed by atoms with E-state index in [4.69, 9.17) is 4.99 Å². The summed E-state index contributed by atoms with van der Waals surface area (Å²) in [6.07, 6.45) is 6.30. The van der Waals surface area contributed by atoms with Gasteiger partial charge in [0.15, 0.2) is 0 Å². The smallest absolute Gasteiger partial charge is 0.275 e. The Morgan fingerprint density at radius 2 is 1.73 bits per heavy atom. The summed E-state index contributed by atoms with van der Waals surface area (Å²) in [6, 6.07) is 13.5. The molecule has 1 atom stereocenters. The van der Waals surface area contributed by atoms with E-state index in [-0.39, 0.29) is 17.8 Å². The van der Waals surface area contributed by atoms with Gasteiger partial charge in [-0.1, -0.05) is 51.5 Å². The predicted molar refractivity (Wildman–Crippen MR) is 129 cm³/mol. The minimum Gasteiger partial charge on any atom is -0.305 e. The lowest BCUT2D eigenvalue weighted by Crippen LogP contribution is -2.51. The number of benzene rings is 2. The van der Waals surface area contributed by atoms with Crippen LogP contribution in [0.2, 0.25) is 0 Å². The molecule has 4 nitrogen and oxygen atoms in total. The lowest BCUT2D eigenvalue weighted by molar-refractivity contribution is -0.133. The van der Waals surface area contributed by atoms with Crippen LogP contribution in [0.1, 0.15) is 86.8 Å². The van der Waals surface area contributed by atoms with Crippen LogP contribution in [0.5, 0.6) is 0 Å². The van der Waals surface area contributed by atoms with Crippen LogP contribution < -0.4 is 0 Å². The second-order valence-electron chi connectivity index (χ2n) is 9.80. The molecule has 1 heterocycles. The first kappa shape index (κ1) is 23.3. The van der Waals surface area contributed by atoms with E-state index in [1.54, 1.807) is 12.1 Å². The summed E-state index contributed by atoms with van der Waals surface area (Å²) >= 11 is 0. The maximum atomic E-state index is 13.9. The minimum absolute atomic E-state index is 0.0810. The van der Waals surface area contributed by atoms with E-state index in [1.807, 2.05) is 29.2 Å². The minimum atomic E-state index is -0.574. The molecule has 0 N–H and O–H groups in total. The monoisotopic (exact) mass is 448 g/mol. The summed E-state index contributed by atoms with van der Waals surface area (Å²) in [6.45, 7) is 6.65. The number of rotatable bonds is 7. The van der Waals surface area contributed by atoms with Crippen molar-refractivity contribution in [2.24, 2.45) is 16.8 Å². The highest BCUT2D eigenvalue weighted by Gasteiger charge is 2.51. The third-order valence-electron chi connectivity index (χ3n) is 7.41. The van der Waals surface area contributed by atoms with Crippen LogP contribution in [-0.4, -0.2) is 28.5 Å². The van der Waals surface area contributed by atoms with Gasteiger partial charge in [0.25, 0.3) is 5.91 Å². The Bertz CT molecular complexity index is 1020. The Kier molecular flexibility index (Phi) is 6.78. The molecule has 2 aromatic carbocycles. The van der Waals surface area contributed by atoms with E-state index < -0.39 is 5.66 Å². The number of carbonyl (C=O) groups excluding carboxylic acids is 2. The van der Waals surface area contributed by atoms with E-state index >= 15 is 0 Å². The van der Waals surface area contributed by atoms with E-state index in [0.717, 1.165) is 50.4 Å². The summed E-state index contributed by atoms with van der Waals surface area (Å²) in [5.41, 5.74) is 2.17. The molecule has 1 spiro atoms. The molecule has 2 aliphatic rings. The zero-order valence-corrected chi connectivity index (χ0v) is 19.8. The van der Waals surface area contributed by atoms with Gasteiger partial charge >= 0.3 is 0 Å². The fourth-order valence-electron chi connectivity index (χ4n) is 5.48. The summed E-state index contributed by atoms with van der Waals surface area (Å²) in [5, 5.41) is 0. The topological polar surface area (TPSA) is 49.7 Å². The number of halogens is 1. The van der Waals surface area contributed by atoms with E-state index in [9.17, 15) is 14.0 Å². The third-order valence-corrected chi connectivity index (χ3v) is 7.41. The first-order chi connectivity index (χ1) is 15.9. The van der Waals surface area contributed by atoms with Crippen LogP contribution in [0.3, 0.4) is 0 Å². The Balaban J connectivity index is 1.76. The first-order valence-corrected chi connectivity index (χ1v) is 12.1. The van der Waals surface area contributed by atoms with E-state index in [1.165, 1.54) is 12.1 Å². The van der Waals surface area contributed by atoms with Crippen LogP contribution in [0.15, 0.2) is 53.5 Å². The Labute approximate surface area is 195 Å². The Hall–Kier alpha value is -2.82. The molecule has 1 fully saturated rings. The van der Waals surface area contributed by atoms with Crippen molar-refractivity contribution in [3.05, 3.63) is 71.0 Å². The van der Waals surface area contributed by atoms with Crippen LogP contribution in [0.25, 0.3) is 0 Å². The summed E-state index contributed by atoms with van der Waals surface area (Å²) in [4.78, 5) is 32.2. The molecule has 33 heavy (non-hydrogen) atoms. The molecule has 0 aromatic heterocycles. The summed E-state index contributed by atoms with van der Waals surface area (Å²) in [7, 11) is 0. The standard InChI is InChI=1S/C28H33FN2O2/c1-4-5-25(22-8-6-20(18-32)7-9-22)31-27(33)26(23-10-12-24(29)13-11-23)30-28(31)16-14-21(15-17-28)19(2)3/h6-13,18-19,21,25H,4-5,14-17H2,1-3H3. The quantitative estimate of drug-likeness (QED) is 0.463. The molecule has 0 radical (unpaired) electrons. The number of hydrogen-bond acceptors (Lipinski definition) is 3. The van der Waals surface area contributed by atoms with Crippen molar-refractivity contribution in [1.82, 2.24) is 4.90 Å². The van der Waals surface area contributed by atoms with Crippen molar-refractivity contribution in [2.45, 2.75) is 71.0 Å². The molecule has 5 heteroatoms. The van der Waals surface area contributed by atoms with Crippen molar-refractivity contribution < 1.29 is 14.0 Å². The average molecular weight is 449 g/mol. The van der Waals surface area contributed by atoms with Gasteiger partial charge in [0, 0.05) is 11.1 Å². The van der Waals surface area contributed by atoms with Crippen molar-refractivity contribution in [3.8, 4) is 0 Å². The summed E-state index contributed by atoms with van der Waals surface area (Å²) < 4.78 is 13.6. The number of amides is 1. The Morgan fingerprint density at radius 1 is 1.09 bits per heavy atom. The molecule has 1 saturated carbocycles. The number of aliphatic imine (C=N–C) groups is 1. The number of nitrogens with zero attached hydrogens (tertiary/aromatic N) is 2. The molecular formula is C28H33FN2O2. The molecule has 174 valence electrons. The second kappa shape index (κ2) is 9.58. The number of hydrogen-bond donors (Lipinski definition) is 0. The first-order valence-electron chi connectivity index (χ1n) is 12.1. The van der Waals surface area contributed by atoms with E-state index in [0.29, 0.717) is 28.7 Å². The zero-order chi connectivity index (χ0) is 23.6.